The van der Waals surface area contributed by atoms with Gasteiger partial charge in [-0.25, -0.2) is 0 Å². The normalized spacial score (nSPS) is 29.3. The fraction of sp³-hybridized carbons (Fsp3) is 0.714. The fourth-order valence-corrected chi connectivity index (χ4v) is 2.50. The fourth-order valence-electron chi connectivity index (χ4n) is 2.18. The molecule has 1 aliphatic heterocycles. The van der Waals surface area contributed by atoms with Crippen LogP contribution in [0.5, 0.6) is 0 Å². The summed E-state index contributed by atoms with van der Waals surface area (Å²) in [5.41, 5.74) is -1.20. The molecule has 10 heteroatoms. The smallest absolute Gasteiger partial charge is 0.303 e. The van der Waals surface area contributed by atoms with Gasteiger partial charge in [0.1, 0.15) is 12.7 Å². The Kier molecular flexibility index (Phi) is 7.43. The molecule has 5 atom stereocenters. The number of hydrogen-bond acceptors (Lipinski definition) is 9. The predicted molar refractivity (Wildman–Crippen MR) is 77.8 cm³/mol. The molecule has 0 spiro atoms. The number of carbonyl (C=O) groups is 4. The Bertz CT molecular complexity index is 506. The Morgan fingerprint density at radius 2 is 1.25 bits per heavy atom. The molecule has 0 aromatic heterocycles. The number of hydrogen-bond donors (Lipinski definition) is 0. The summed E-state index contributed by atoms with van der Waals surface area (Å²) in [6, 6.07) is 0. The Morgan fingerprint density at radius 3 is 1.71 bits per heavy atom. The summed E-state index contributed by atoms with van der Waals surface area (Å²) < 4.78 is 25.6. The van der Waals surface area contributed by atoms with Gasteiger partial charge in [-0.15, -0.1) is 0 Å². The van der Waals surface area contributed by atoms with Crippen molar-refractivity contribution in [1.82, 2.24) is 0 Å². The average molecular weight is 367 g/mol. The van der Waals surface area contributed by atoms with E-state index in [1.54, 1.807) is 0 Å². The van der Waals surface area contributed by atoms with Gasteiger partial charge in [0.2, 0.25) is 0 Å². The molecule has 0 unspecified atom stereocenters. The number of alkyl halides is 1. The summed E-state index contributed by atoms with van der Waals surface area (Å²) in [6.45, 7) is 4.31. The first-order valence-corrected chi connectivity index (χ1v) is 7.50. The van der Waals surface area contributed by atoms with Gasteiger partial charge in [0.15, 0.2) is 23.9 Å². The van der Waals surface area contributed by atoms with E-state index in [9.17, 15) is 19.2 Å². The third-order valence-electron chi connectivity index (χ3n) is 2.93. The molecule has 1 fully saturated rings. The highest BCUT2D eigenvalue weighted by Gasteiger charge is 2.51. The SMILES string of the molecule is CC(=O)OC[C@H]1O[C@H](Cl)[C@H](OC(C)=O)[C@@H](OC(C)=O)[C@@H]1OC(C)=O. The van der Waals surface area contributed by atoms with E-state index in [2.05, 4.69) is 0 Å². The van der Waals surface area contributed by atoms with Crippen LogP contribution in [0.4, 0.5) is 0 Å². The van der Waals surface area contributed by atoms with Gasteiger partial charge in [0, 0.05) is 27.7 Å². The average Bonchev–Trinajstić information content (AvgIpc) is 2.42. The van der Waals surface area contributed by atoms with E-state index in [1.165, 1.54) is 6.92 Å². The summed E-state index contributed by atoms with van der Waals surface area (Å²) >= 11 is 6.05. The Hall–Kier alpha value is -1.87. The van der Waals surface area contributed by atoms with E-state index < -0.39 is 53.9 Å². The topological polar surface area (TPSA) is 114 Å². The van der Waals surface area contributed by atoms with Crippen LogP contribution in [-0.4, -0.2) is 60.5 Å². The van der Waals surface area contributed by atoms with Gasteiger partial charge in [0.05, 0.1) is 0 Å². The van der Waals surface area contributed by atoms with Gasteiger partial charge in [-0.05, 0) is 0 Å². The number of ether oxygens (including phenoxy) is 5. The standard InChI is InChI=1S/C14H19ClO9/c1-6(16)20-5-10-11(21-7(2)17)12(22-8(3)18)13(14(15)24-10)23-9(4)19/h10-14H,5H2,1-4H3/t10-,11-,12+,13-,14+/m1/s1. The van der Waals surface area contributed by atoms with E-state index in [0.717, 1.165) is 20.8 Å². The first kappa shape index (κ1) is 20.2. The maximum absolute atomic E-state index is 11.4. The zero-order valence-corrected chi connectivity index (χ0v) is 14.4. The quantitative estimate of drug-likeness (QED) is 0.385. The molecule has 0 N–H and O–H groups in total. The lowest BCUT2D eigenvalue weighted by Gasteiger charge is -2.42. The van der Waals surface area contributed by atoms with Crippen molar-refractivity contribution in [2.75, 3.05) is 6.61 Å². The lowest BCUT2D eigenvalue weighted by atomic mass is 9.99. The summed E-state index contributed by atoms with van der Waals surface area (Å²) in [5, 5.41) is 0. The molecule has 24 heavy (non-hydrogen) atoms. The highest BCUT2D eigenvalue weighted by molar-refractivity contribution is 6.20. The Balaban J connectivity index is 3.11. The van der Waals surface area contributed by atoms with Crippen LogP contribution in [0.2, 0.25) is 0 Å². The molecule has 0 aromatic rings. The van der Waals surface area contributed by atoms with E-state index in [1.807, 2.05) is 0 Å². The molecule has 1 saturated heterocycles. The Morgan fingerprint density at radius 1 is 0.792 bits per heavy atom. The van der Waals surface area contributed by atoms with Crippen molar-refractivity contribution in [1.29, 1.82) is 0 Å². The van der Waals surface area contributed by atoms with E-state index >= 15 is 0 Å². The van der Waals surface area contributed by atoms with Crippen molar-refractivity contribution in [3.05, 3.63) is 0 Å². The van der Waals surface area contributed by atoms with Crippen LogP contribution < -0.4 is 0 Å². The summed E-state index contributed by atoms with van der Waals surface area (Å²) in [7, 11) is 0. The second-order valence-electron chi connectivity index (χ2n) is 5.05. The number of carbonyl (C=O) groups excluding carboxylic acids is 4. The molecule has 0 saturated carbocycles. The molecular formula is C14H19ClO9. The molecule has 0 radical (unpaired) electrons. The summed E-state index contributed by atoms with van der Waals surface area (Å²) in [4.78, 5) is 45.0. The molecule has 0 bridgehead atoms. The van der Waals surface area contributed by atoms with Crippen LogP contribution in [0.25, 0.3) is 0 Å². The molecule has 136 valence electrons. The number of rotatable bonds is 5. The van der Waals surface area contributed by atoms with Crippen LogP contribution in [0.3, 0.4) is 0 Å². The molecule has 0 aliphatic carbocycles. The number of halogens is 1. The molecule has 1 heterocycles. The predicted octanol–water partition coefficient (Wildman–Crippen LogP) is 0.308. The van der Waals surface area contributed by atoms with E-state index in [0.29, 0.717) is 0 Å². The number of esters is 4. The van der Waals surface area contributed by atoms with Crippen molar-refractivity contribution in [2.45, 2.75) is 57.7 Å². The lowest BCUT2D eigenvalue weighted by molar-refractivity contribution is -0.238. The maximum Gasteiger partial charge on any atom is 0.303 e. The molecule has 1 rings (SSSR count). The van der Waals surface area contributed by atoms with Crippen LogP contribution in [0.1, 0.15) is 27.7 Å². The monoisotopic (exact) mass is 366 g/mol. The van der Waals surface area contributed by atoms with Crippen molar-refractivity contribution in [2.24, 2.45) is 0 Å². The third kappa shape index (κ3) is 5.97. The van der Waals surface area contributed by atoms with Crippen LogP contribution in [0.15, 0.2) is 0 Å². The van der Waals surface area contributed by atoms with Crippen LogP contribution >= 0.6 is 11.6 Å². The Labute approximate surface area is 143 Å². The van der Waals surface area contributed by atoms with Crippen molar-refractivity contribution in [3.63, 3.8) is 0 Å². The van der Waals surface area contributed by atoms with Crippen LogP contribution in [-0.2, 0) is 42.9 Å². The molecule has 9 nitrogen and oxygen atoms in total. The van der Waals surface area contributed by atoms with Gasteiger partial charge in [-0.2, -0.15) is 0 Å². The van der Waals surface area contributed by atoms with Crippen molar-refractivity contribution < 1.29 is 42.9 Å². The van der Waals surface area contributed by atoms with E-state index in [-0.39, 0.29) is 6.61 Å². The van der Waals surface area contributed by atoms with Crippen LogP contribution in [0, 0.1) is 0 Å². The highest BCUT2D eigenvalue weighted by Crippen LogP contribution is 2.30. The zero-order valence-electron chi connectivity index (χ0n) is 13.6. The molecule has 1 aliphatic rings. The van der Waals surface area contributed by atoms with Gasteiger partial charge in [-0.3, -0.25) is 19.2 Å². The second kappa shape index (κ2) is 8.84. The minimum atomic E-state index is -1.22. The summed E-state index contributed by atoms with van der Waals surface area (Å²) in [6.07, 6.45) is -4.60. The minimum Gasteiger partial charge on any atom is -0.463 e. The summed E-state index contributed by atoms with van der Waals surface area (Å²) in [5.74, 6) is -2.67. The van der Waals surface area contributed by atoms with Crippen molar-refractivity contribution in [3.8, 4) is 0 Å². The van der Waals surface area contributed by atoms with Gasteiger partial charge in [0.25, 0.3) is 0 Å². The molecule has 0 amide bonds. The van der Waals surface area contributed by atoms with Gasteiger partial charge >= 0.3 is 23.9 Å². The largest absolute Gasteiger partial charge is 0.463 e. The second-order valence-corrected chi connectivity index (χ2v) is 5.48. The first-order valence-electron chi connectivity index (χ1n) is 7.06. The van der Waals surface area contributed by atoms with Gasteiger partial charge < -0.3 is 23.7 Å². The minimum absolute atomic E-state index is 0.291. The first-order chi connectivity index (χ1) is 11.1. The third-order valence-corrected chi connectivity index (χ3v) is 3.29. The van der Waals surface area contributed by atoms with Gasteiger partial charge in [-0.1, -0.05) is 11.6 Å². The highest BCUT2D eigenvalue weighted by atomic mass is 35.5. The molecule has 0 aromatic carbocycles. The van der Waals surface area contributed by atoms with E-state index in [4.69, 9.17) is 35.3 Å². The molecular weight excluding hydrogens is 348 g/mol. The maximum atomic E-state index is 11.4. The lowest BCUT2D eigenvalue weighted by Crippen LogP contribution is -2.61. The van der Waals surface area contributed by atoms with Crippen molar-refractivity contribution >= 4 is 35.5 Å². The zero-order chi connectivity index (χ0) is 18.4.